The van der Waals surface area contributed by atoms with Crippen molar-refractivity contribution in [1.82, 2.24) is 19.6 Å². The lowest BCUT2D eigenvalue weighted by atomic mass is 10.3. The number of hydrogen-bond donors (Lipinski definition) is 0. The van der Waals surface area contributed by atoms with E-state index in [0.29, 0.717) is 12.2 Å². The largest absolute Gasteiger partial charge is 0.308 e. The molecule has 0 saturated carbocycles. The van der Waals surface area contributed by atoms with E-state index in [2.05, 4.69) is 89.8 Å². The quantitative estimate of drug-likeness (QED) is 0.668. The van der Waals surface area contributed by atoms with Crippen LogP contribution in [0.3, 0.4) is 0 Å². The van der Waals surface area contributed by atoms with Crippen LogP contribution >= 0.6 is 0 Å². The maximum absolute atomic E-state index is 2.22. The van der Waals surface area contributed by atoms with Gasteiger partial charge in [0.15, 0.2) is 0 Å². The van der Waals surface area contributed by atoms with Gasteiger partial charge in [-0.2, -0.15) is 0 Å². The lowest BCUT2D eigenvalue weighted by molar-refractivity contribution is 0.125. The Labute approximate surface area is 116 Å². The smallest absolute Gasteiger partial charge is 0.0609 e. The van der Waals surface area contributed by atoms with Crippen LogP contribution in [0.2, 0.25) is 0 Å². The molecule has 0 aliphatic rings. The van der Waals surface area contributed by atoms with E-state index in [1.165, 1.54) is 6.42 Å². The summed E-state index contributed by atoms with van der Waals surface area (Å²) in [4.78, 5) is 8.87. The third-order valence-electron chi connectivity index (χ3n) is 3.07. The molecule has 0 N–H and O–H groups in total. The second kappa shape index (κ2) is 10.7. The van der Waals surface area contributed by atoms with Crippen LogP contribution in [0.15, 0.2) is 0 Å². The standard InChI is InChI=1S/2C7H18N2/c1-7(9(4)5)6-8(2)3;1-6-7(8(2)3)9(4)5/h2*7H,6H2,1-5H3. The number of rotatable bonds is 6. The van der Waals surface area contributed by atoms with E-state index in [4.69, 9.17) is 0 Å². The summed E-state index contributed by atoms with van der Waals surface area (Å²) in [6, 6.07) is 0.653. The fourth-order valence-corrected chi connectivity index (χ4v) is 1.88. The van der Waals surface area contributed by atoms with Gasteiger partial charge in [0, 0.05) is 12.6 Å². The van der Waals surface area contributed by atoms with Crippen LogP contribution in [0.1, 0.15) is 20.3 Å². The maximum Gasteiger partial charge on any atom is 0.0609 e. The average molecular weight is 260 g/mol. The van der Waals surface area contributed by atoms with Gasteiger partial charge < -0.3 is 9.80 Å². The van der Waals surface area contributed by atoms with Crippen LogP contribution in [0, 0.1) is 0 Å². The van der Waals surface area contributed by atoms with E-state index in [-0.39, 0.29) is 0 Å². The molecule has 0 rings (SSSR count). The SMILES string of the molecule is CC(CN(C)C)N(C)C.CCC(N(C)C)N(C)C. The second-order valence-electron chi connectivity index (χ2n) is 5.89. The molecular formula is C14H36N4. The summed E-state index contributed by atoms with van der Waals surface area (Å²) >= 11 is 0. The van der Waals surface area contributed by atoms with Crippen molar-refractivity contribution in [2.45, 2.75) is 32.5 Å². The highest BCUT2D eigenvalue weighted by molar-refractivity contribution is 4.61. The highest BCUT2D eigenvalue weighted by Crippen LogP contribution is 2.00. The minimum absolute atomic E-state index is 0.588. The molecule has 18 heavy (non-hydrogen) atoms. The van der Waals surface area contributed by atoms with Gasteiger partial charge in [-0.1, -0.05) is 6.92 Å². The first-order chi connectivity index (χ1) is 8.13. The third kappa shape index (κ3) is 11.0. The van der Waals surface area contributed by atoms with E-state index in [1.807, 2.05) is 0 Å². The molecule has 0 aliphatic carbocycles. The summed E-state index contributed by atoms with van der Waals surface area (Å²) in [5.74, 6) is 0. The van der Waals surface area contributed by atoms with E-state index < -0.39 is 0 Å². The zero-order chi connectivity index (χ0) is 14.9. The lowest BCUT2D eigenvalue weighted by Gasteiger charge is -2.29. The van der Waals surface area contributed by atoms with E-state index in [0.717, 1.165) is 6.54 Å². The normalized spacial score (nSPS) is 13.5. The molecule has 0 heterocycles. The van der Waals surface area contributed by atoms with Gasteiger partial charge >= 0.3 is 0 Å². The topological polar surface area (TPSA) is 13.0 Å². The van der Waals surface area contributed by atoms with E-state index in [1.54, 1.807) is 0 Å². The minimum atomic E-state index is 0.588. The Hall–Kier alpha value is -0.160. The van der Waals surface area contributed by atoms with Gasteiger partial charge in [0.1, 0.15) is 0 Å². The molecule has 0 spiro atoms. The summed E-state index contributed by atoms with van der Waals surface area (Å²) in [6.07, 6.45) is 1.77. The molecule has 0 aromatic carbocycles. The van der Waals surface area contributed by atoms with Crippen molar-refractivity contribution < 1.29 is 0 Å². The van der Waals surface area contributed by atoms with Crippen molar-refractivity contribution >= 4 is 0 Å². The first-order valence-corrected chi connectivity index (χ1v) is 6.77. The summed E-state index contributed by atoms with van der Waals surface area (Å²) < 4.78 is 0. The van der Waals surface area contributed by atoms with Crippen LogP contribution in [0.25, 0.3) is 0 Å². The first-order valence-electron chi connectivity index (χ1n) is 6.77. The predicted molar refractivity (Wildman–Crippen MR) is 83.2 cm³/mol. The minimum Gasteiger partial charge on any atom is -0.308 e. The Morgan fingerprint density at radius 3 is 1.17 bits per heavy atom. The van der Waals surface area contributed by atoms with Gasteiger partial charge in [0.05, 0.1) is 6.17 Å². The number of hydrogen-bond acceptors (Lipinski definition) is 4. The van der Waals surface area contributed by atoms with Gasteiger partial charge in [-0.3, -0.25) is 9.80 Å². The molecule has 0 amide bonds. The molecule has 0 aromatic rings. The summed E-state index contributed by atoms with van der Waals surface area (Å²) in [5, 5.41) is 0. The molecule has 0 saturated heterocycles. The molecule has 1 atom stereocenters. The fraction of sp³-hybridized carbons (Fsp3) is 1.00. The Balaban J connectivity index is 0. The van der Waals surface area contributed by atoms with Crippen molar-refractivity contribution in [3.8, 4) is 0 Å². The van der Waals surface area contributed by atoms with Crippen molar-refractivity contribution in [3.05, 3.63) is 0 Å². The predicted octanol–water partition coefficient (Wildman–Crippen LogP) is 1.34. The van der Waals surface area contributed by atoms with Crippen LogP contribution in [-0.4, -0.2) is 94.7 Å². The van der Waals surface area contributed by atoms with Crippen molar-refractivity contribution in [2.75, 3.05) is 62.9 Å². The average Bonchev–Trinajstić information content (AvgIpc) is 2.16. The number of nitrogens with zero attached hydrogens (tertiary/aromatic N) is 4. The molecule has 0 aliphatic heterocycles. The van der Waals surface area contributed by atoms with Crippen LogP contribution < -0.4 is 0 Å². The summed E-state index contributed by atoms with van der Waals surface area (Å²) in [5.41, 5.74) is 0. The molecule has 1 unspecified atom stereocenters. The lowest BCUT2D eigenvalue weighted by Crippen LogP contribution is -2.39. The van der Waals surface area contributed by atoms with Crippen molar-refractivity contribution in [1.29, 1.82) is 0 Å². The number of likely N-dealkylation sites (N-methyl/N-ethyl adjacent to an activating group) is 2. The zero-order valence-corrected chi connectivity index (χ0v) is 14.4. The molecular weight excluding hydrogens is 224 g/mol. The Bertz CT molecular complexity index is 171. The third-order valence-corrected chi connectivity index (χ3v) is 3.07. The van der Waals surface area contributed by atoms with Gasteiger partial charge in [-0.25, -0.2) is 0 Å². The first kappa shape index (κ1) is 20.2. The highest BCUT2D eigenvalue weighted by Gasteiger charge is 2.09. The van der Waals surface area contributed by atoms with Gasteiger partial charge in [-0.05, 0) is 69.7 Å². The molecule has 0 aromatic heterocycles. The molecule has 0 radical (unpaired) electrons. The Morgan fingerprint density at radius 2 is 1.11 bits per heavy atom. The second-order valence-corrected chi connectivity index (χ2v) is 5.89. The molecule has 4 heteroatoms. The molecule has 4 nitrogen and oxygen atoms in total. The fourth-order valence-electron chi connectivity index (χ4n) is 1.88. The van der Waals surface area contributed by atoms with Crippen LogP contribution in [0.4, 0.5) is 0 Å². The monoisotopic (exact) mass is 260 g/mol. The Kier molecular flexibility index (Phi) is 12.0. The molecule has 112 valence electrons. The van der Waals surface area contributed by atoms with Crippen molar-refractivity contribution in [3.63, 3.8) is 0 Å². The van der Waals surface area contributed by atoms with Crippen LogP contribution in [-0.2, 0) is 0 Å². The van der Waals surface area contributed by atoms with Gasteiger partial charge in [0.2, 0.25) is 0 Å². The van der Waals surface area contributed by atoms with Gasteiger partial charge in [-0.15, -0.1) is 0 Å². The van der Waals surface area contributed by atoms with E-state index in [9.17, 15) is 0 Å². The summed E-state index contributed by atoms with van der Waals surface area (Å²) in [6.45, 7) is 5.55. The van der Waals surface area contributed by atoms with Gasteiger partial charge in [0.25, 0.3) is 0 Å². The maximum atomic E-state index is 2.22. The molecule has 0 bridgehead atoms. The van der Waals surface area contributed by atoms with Crippen LogP contribution in [0.5, 0.6) is 0 Å². The zero-order valence-electron chi connectivity index (χ0n) is 14.4. The Morgan fingerprint density at radius 1 is 0.722 bits per heavy atom. The highest BCUT2D eigenvalue weighted by atomic mass is 15.3. The summed E-state index contributed by atoms with van der Waals surface area (Å²) in [7, 11) is 16.8. The molecule has 0 fully saturated rings. The van der Waals surface area contributed by atoms with E-state index >= 15 is 0 Å². The van der Waals surface area contributed by atoms with Crippen molar-refractivity contribution in [2.24, 2.45) is 0 Å².